The van der Waals surface area contributed by atoms with Crippen molar-refractivity contribution in [1.82, 2.24) is 6.15 Å². The van der Waals surface area contributed by atoms with Gasteiger partial charge in [0.15, 0.2) is 0 Å². The SMILES string of the molecule is C=CCCCS(=O)(=O)[O-].[NH4+]. The molecule has 0 aliphatic heterocycles. The van der Waals surface area contributed by atoms with Crippen molar-refractivity contribution in [3.63, 3.8) is 0 Å². The van der Waals surface area contributed by atoms with Gasteiger partial charge in [-0.1, -0.05) is 6.08 Å². The molecule has 0 unspecified atom stereocenters. The van der Waals surface area contributed by atoms with Crippen LogP contribution in [-0.2, 0) is 10.1 Å². The molecule has 0 aromatic carbocycles. The number of quaternary nitrogens is 1. The molecular weight excluding hydrogens is 154 g/mol. The van der Waals surface area contributed by atoms with Gasteiger partial charge in [-0.15, -0.1) is 6.58 Å². The van der Waals surface area contributed by atoms with Crippen LogP contribution >= 0.6 is 0 Å². The molecule has 0 heterocycles. The second-order valence-corrected chi connectivity index (χ2v) is 3.22. The number of rotatable bonds is 4. The van der Waals surface area contributed by atoms with Gasteiger partial charge < -0.3 is 10.7 Å². The third-order valence-electron chi connectivity index (χ3n) is 0.803. The summed E-state index contributed by atoms with van der Waals surface area (Å²) in [6.45, 7) is 3.38. The first-order valence-electron chi connectivity index (χ1n) is 2.61. The van der Waals surface area contributed by atoms with Gasteiger partial charge in [0.2, 0.25) is 0 Å². The first-order chi connectivity index (χ1) is 4.06. The molecule has 0 saturated heterocycles. The minimum atomic E-state index is -3.99. The lowest BCUT2D eigenvalue weighted by atomic mass is 10.3. The van der Waals surface area contributed by atoms with Gasteiger partial charge in [0.05, 0.1) is 10.1 Å². The highest BCUT2D eigenvalue weighted by molar-refractivity contribution is 7.85. The van der Waals surface area contributed by atoms with Crippen LogP contribution < -0.4 is 6.15 Å². The normalized spacial score (nSPS) is 10.1. The Kier molecular flexibility index (Phi) is 6.64. The Balaban J connectivity index is 0. The van der Waals surface area contributed by atoms with Gasteiger partial charge in [0.1, 0.15) is 0 Å². The van der Waals surface area contributed by atoms with Crippen LogP contribution in [0.15, 0.2) is 12.7 Å². The largest absolute Gasteiger partial charge is 0.748 e. The highest BCUT2D eigenvalue weighted by Gasteiger charge is 1.91. The van der Waals surface area contributed by atoms with E-state index in [0.29, 0.717) is 12.8 Å². The zero-order valence-electron chi connectivity index (χ0n) is 6.04. The predicted octanol–water partition coefficient (Wildman–Crippen LogP) is 0.874. The van der Waals surface area contributed by atoms with Crippen LogP contribution in [0.25, 0.3) is 0 Å². The van der Waals surface area contributed by atoms with E-state index in [-0.39, 0.29) is 11.9 Å². The maximum Gasteiger partial charge on any atom is 0.0946 e. The third-order valence-corrected chi connectivity index (χ3v) is 1.59. The second kappa shape index (κ2) is 5.40. The number of allylic oxidation sites excluding steroid dienone is 1. The predicted molar refractivity (Wildman–Crippen MR) is 40.0 cm³/mol. The summed E-state index contributed by atoms with van der Waals surface area (Å²) in [7, 11) is -3.99. The topological polar surface area (TPSA) is 93.7 Å². The highest BCUT2D eigenvalue weighted by Crippen LogP contribution is 1.92. The van der Waals surface area contributed by atoms with Gasteiger partial charge in [-0.25, -0.2) is 8.42 Å². The fraction of sp³-hybridized carbons (Fsp3) is 0.600. The molecule has 0 fully saturated rings. The summed E-state index contributed by atoms with van der Waals surface area (Å²) in [4.78, 5) is 0. The smallest absolute Gasteiger partial charge is 0.0946 e. The summed E-state index contributed by atoms with van der Waals surface area (Å²) >= 11 is 0. The molecular formula is C5H13NO3S. The first-order valence-corrected chi connectivity index (χ1v) is 4.18. The summed E-state index contributed by atoms with van der Waals surface area (Å²) in [6.07, 6.45) is 2.56. The molecule has 5 heteroatoms. The van der Waals surface area contributed by atoms with Gasteiger partial charge in [-0.2, -0.15) is 0 Å². The summed E-state index contributed by atoms with van der Waals surface area (Å²) in [6, 6.07) is 0. The molecule has 0 saturated carbocycles. The van der Waals surface area contributed by atoms with Crippen LogP contribution in [0.4, 0.5) is 0 Å². The van der Waals surface area contributed by atoms with Crippen LogP contribution in [0.1, 0.15) is 12.8 Å². The molecule has 0 spiro atoms. The van der Waals surface area contributed by atoms with Gasteiger partial charge >= 0.3 is 0 Å². The number of hydrogen-bond acceptors (Lipinski definition) is 3. The van der Waals surface area contributed by atoms with Gasteiger partial charge in [0, 0.05) is 5.75 Å². The van der Waals surface area contributed by atoms with Crippen molar-refractivity contribution in [3.8, 4) is 0 Å². The molecule has 4 nitrogen and oxygen atoms in total. The molecule has 62 valence electrons. The van der Waals surface area contributed by atoms with E-state index < -0.39 is 10.1 Å². The Bertz CT molecular complexity index is 173. The molecule has 10 heavy (non-hydrogen) atoms. The van der Waals surface area contributed by atoms with Crippen molar-refractivity contribution in [2.45, 2.75) is 12.8 Å². The second-order valence-electron chi connectivity index (χ2n) is 1.69. The number of hydrogen-bond donors (Lipinski definition) is 1. The maximum atomic E-state index is 9.92. The zero-order valence-corrected chi connectivity index (χ0v) is 6.86. The van der Waals surface area contributed by atoms with E-state index in [0.717, 1.165) is 0 Å². The van der Waals surface area contributed by atoms with Crippen LogP contribution in [0.2, 0.25) is 0 Å². The van der Waals surface area contributed by atoms with Crippen LogP contribution in [-0.4, -0.2) is 18.7 Å². The molecule has 4 N–H and O–H groups in total. The molecule has 0 bridgehead atoms. The van der Waals surface area contributed by atoms with E-state index in [4.69, 9.17) is 0 Å². The first kappa shape index (κ1) is 12.3. The van der Waals surface area contributed by atoms with Crippen LogP contribution in [0, 0.1) is 0 Å². The molecule has 0 radical (unpaired) electrons. The van der Waals surface area contributed by atoms with Crippen molar-refractivity contribution < 1.29 is 13.0 Å². The fourth-order valence-electron chi connectivity index (χ4n) is 0.404. The average Bonchev–Trinajstić information content (AvgIpc) is 1.63. The van der Waals surface area contributed by atoms with Crippen molar-refractivity contribution >= 4 is 10.1 Å². The quantitative estimate of drug-likeness (QED) is 0.382. The molecule has 0 rings (SSSR count). The van der Waals surface area contributed by atoms with E-state index in [9.17, 15) is 13.0 Å². The Labute approximate surface area is 61.3 Å². The van der Waals surface area contributed by atoms with Crippen molar-refractivity contribution in [3.05, 3.63) is 12.7 Å². The molecule has 0 atom stereocenters. The van der Waals surface area contributed by atoms with Crippen LogP contribution in [0.3, 0.4) is 0 Å². The van der Waals surface area contributed by atoms with Crippen molar-refractivity contribution in [1.29, 1.82) is 0 Å². The summed E-state index contributed by atoms with van der Waals surface area (Å²) in [5.41, 5.74) is 0. The number of unbranched alkanes of at least 4 members (excludes halogenated alkanes) is 1. The van der Waals surface area contributed by atoms with E-state index >= 15 is 0 Å². The standard InChI is InChI=1S/C5H10O3S.H3N/c1-2-3-4-5-9(6,7)8;/h2H,1,3-5H2,(H,6,7,8);1H3. The minimum Gasteiger partial charge on any atom is -0.748 e. The van der Waals surface area contributed by atoms with Crippen molar-refractivity contribution in [2.75, 3.05) is 5.75 Å². The minimum absolute atomic E-state index is 0. The van der Waals surface area contributed by atoms with Gasteiger partial charge in [-0.3, -0.25) is 0 Å². The average molecular weight is 167 g/mol. The molecule has 0 aromatic heterocycles. The Morgan fingerprint density at radius 1 is 1.50 bits per heavy atom. The summed E-state index contributed by atoms with van der Waals surface area (Å²) in [5.74, 6) is -0.279. The van der Waals surface area contributed by atoms with Crippen molar-refractivity contribution in [2.24, 2.45) is 0 Å². The third kappa shape index (κ3) is 10.6. The molecule has 0 amide bonds. The zero-order chi connectivity index (χ0) is 7.33. The Morgan fingerprint density at radius 3 is 2.30 bits per heavy atom. The lowest BCUT2D eigenvalue weighted by molar-refractivity contribution is 0.461. The lowest BCUT2D eigenvalue weighted by Gasteiger charge is -2.03. The monoisotopic (exact) mass is 167 g/mol. The Hall–Kier alpha value is -0.390. The van der Waals surface area contributed by atoms with E-state index in [1.54, 1.807) is 6.08 Å². The molecule has 0 aliphatic carbocycles. The maximum absolute atomic E-state index is 9.92. The lowest BCUT2D eigenvalue weighted by Crippen LogP contribution is -2.03. The molecule has 0 aromatic rings. The van der Waals surface area contributed by atoms with E-state index in [1.165, 1.54) is 0 Å². The van der Waals surface area contributed by atoms with Gasteiger partial charge in [-0.05, 0) is 12.8 Å². The van der Waals surface area contributed by atoms with E-state index in [2.05, 4.69) is 6.58 Å². The van der Waals surface area contributed by atoms with E-state index in [1.807, 2.05) is 0 Å². The van der Waals surface area contributed by atoms with Gasteiger partial charge in [0.25, 0.3) is 0 Å². The summed E-state index contributed by atoms with van der Waals surface area (Å²) in [5, 5.41) is 0. The molecule has 0 aliphatic rings. The Morgan fingerprint density at radius 2 is 2.00 bits per heavy atom. The fourth-order valence-corrected chi connectivity index (χ4v) is 0.925. The van der Waals surface area contributed by atoms with Crippen LogP contribution in [0.5, 0.6) is 0 Å². The highest BCUT2D eigenvalue weighted by atomic mass is 32.2. The summed E-state index contributed by atoms with van der Waals surface area (Å²) < 4.78 is 29.7.